The molecule has 0 unspecified atom stereocenters. The minimum Gasteiger partial charge on any atom is -0.497 e. The molecule has 0 saturated carbocycles. The fourth-order valence-corrected chi connectivity index (χ4v) is 4.02. The molecular formula is C20H25N3O3. The number of aromatic amines is 1. The van der Waals surface area contributed by atoms with Gasteiger partial charge in [-0.05, 0) is 56.2 Å². The van der Waals surface area contributed by atoms with Crippen molar-refractivity contribution in [1.29, 1.82) is 0 Å². The average molecular weight is 355 g/mol. The number of fused-ring (bicyclic) bond motifs is 1. The monoisotopic (exact) mass is 355 g/mol. The highest BCUT2D eigenvalue weighted by molar-refractivity contribution is 5.37. The molecule has 1 aromatic carbocycles. The Morgan fingerprint density at radius 3 is 2.54 bits per heavy atom. The number of piperidine rings is 1. The van der Waals surface area contributed by atoms with E-state index in [4.69, 9.17) is 9.72 Å². The van der Waals surface area contributed by atoms with Crippen LogP contribution in [0.15, 0.2) is 29.1 Å². The van der Waals surface area contributed by atoms with Crippen molar-refractivity contribution in [2.45, 2.75) is 44.1 Å². The molecule has 1 saturated heterocycles. The van der Waals surface area contributed by atoms with Crippen molar-refractivity contribution < 1.29 is 9.84 Å². The van der Waals surface area contributed by atoms with E-state index in [0.717, 1.165) is 48.3 Å². The Morgan fingerprint density at radius 1 is 1.15 bits per heavy atom. The van der Waals surface area contributed by atoms with E-state index >= 15 is 0 Å². The molecule has 4 rings (SSSR count). The number of nitrogens with zero attached hydrogens (tertiary/aromatic N) is 2. The quantitative estimate of drug-likeness (QED) is 0.882. The second kappa shape index (κ2) is 6.76. The molecule has 1 aliphatic carbocycles. The summed E-state index contributed by atoms with van der Waals surface area (Å²) in [6, 6.07) is 7.60. The Morgan fingerprint density at radius 2 is 1.85 bits per heavy atom. The largest absolute Gasteiger partial charge is 0.497 e. The van der Waals surface area contributed by atoms with Crippen LogP contribution < -0.4 is 15.2 Å². The van der Waals surface area contributed by atoms with Crippen molar-refractivity contribution in [3.8, 4) is 5.75 Å². The number of ether oxygens (including phenoxy) is 1. The van der Waals surface area contributed by atoms with Gasteiger partial charge in [0, 0.05) is 18.7 Å². The molecule has 2 heterocycles. The summed E-state index contributed by atoms with van der Waals surface area (Å²) in [4.78, 5) is 22.1. The Labute approximate surface area is 152 Å². The molecule has 2 aliphatic rings. The van der Waals surface area contributed by atoms with Crippen LogP contribution in [0.5, 0.6) is 5.75 Å². The Hall–Kier alpha value is -2.34. The molecule has 0 bridgehead atoms. The normalized spacial score (nSPS) is 19.1. The molecule has 1 fully saturated rings. The second-order valence-corrected chi connectivity index (χ2v) is 7.27. The molecule has 0 spiro atoms. The van der Waals surface area contributed by atoms with Crippen molar-refractivity contribution in [2.75, 3.05) is 25.1 Å². The average Bonchev–Trinajstić information content (AvgIpc) is 2.68. The second-order valence-electron chi connectivity index (χ2n) is 7.27. The van der Waals surface area contributed by atoms with E-state index in [1.54, 1.807) is 7.11 Å². The molecular weight excluding hydrogens is 330 g/mol. The van der Waals surface area contributed by atoms with Gasteiger partial charge in [-0.15, -0.1) is 0 Å². The molecule has 1 aromatic heterocycles. The van der Waals surface area contributed by atoms with E-state index in [1.165, 1.54) is 0 Å². The number of anilines is 1. The summed E-state index contributed by atoms with van der Waals surface area (Å²) in [5, 5.41) is 11.1. The number of benzene rings is 1. The Bertz CT molecular complexity index is 836. The Kier molecular flexibility index (Phi) is 4.44. The maximum absolute atomic E-state index is 12.4. The van der Waals surface area contributed by atoms with Gasteiger partial charge in [0.05, 0.1) is 18.4 Å². The van der Waals surface area contributed by atoms with E-state index in [2.05, 4.69) is 9.88 Å². The van der Waals surface area contributed by atoms with Gasteiger partial charge < -0.3 is 14.7 Å². The number of hydrogen-bond donors (Lipinski definition) is 2. The van der Waals surface area contributed by atoms with Crippen LogP contribution in [0.2, 0.25) is 0 Å². The van der Waals surface area contributed by atoms with Crippen LogP contribution >= 0.6 is 0 Å². The highest BCUT2D eigenvalue weighted by atomic mass is 16.5. The van der Waals surface area contributed by atoms with E-state index in [9.17, 15) is 9.90 Å². The minimum atomic E-state index is -0.850. The summed E-state index contributed by atoms with van der Waals surface area (Å²) < 4.78 is 5.19. The zero-order valence-corrected chi connectivity index (χ0v) is 15.1. The van der Waals surface area contributed by atoms with E-state index in [0.29, 0.717) is 31.9 Å². The minimum absolute atomic E-state index is 0.000639. The molecule has 6 nitrogen and oxygen atoms in total. The standard InChI is InChI=1S/C20H25N3O3/c1-26-15-8-6-14(7-9-15)20(25)10-12-23(13-11-20)19-21-17-5-3-2-4-16(17)18(24)22-19/h6-9,25H,2-5,10-13H2,1H3,(H,21,22,24). The maximum Gasteiger partial charge on any atom is 0.255 e. The topological polar surface area (TPSA) is 78.5 Å². The summed E-state index contributed by atoms with van der Waals surface area (Å²) in [6.07, 6.45) is 5.07. The van der Waals surface area contributed by atoms with Crippen LogP contribution in [0, 0.1) is 0 Å². The van der Waals surface area contributed by atoms with E-state index in [1.807, 2.05) is 24.3 Å². The predicted molar refractivity (Wildman–Crippen MR) is 99.8 cm³/mol. The van der Waals surface area contributed by atoms with Crippen LogP contribution in [0.3, 0.4) is 0 Å². The zero-order valence-electron chi connectivity index (χ0n) is 15.1. The number of nitrogens with one attached hydrogen (secondary N) is 1. The van der Waals surface area contributed by atoms with Crippen LogP contribution in [0.4, 0.5) is 5.95 Å². The first-order chi connectivity index (χ1) is 12.6. The van der Waals surface area contributed by atoms with E-state index < -0.39 is 5.60 Å². The van der Waals surface area contributed by atoms with Gasteiger partial charge in [-0.3, -0.25) is 9.78 Å². The molecule has 1 aliphatic heterocycles. The van der Waals surface area contributed by atoms with Crippen LogP contribution in [0.1, 0.15) is 42.5 Å². The number of aryl methyl sites for hydroxylation is 1. The lowest BCUT2D eigenvalue weighted by molar-refractivity contribution is 0.0115. The zero-order chi connectivity index (χ0) is 18.1. The van der Waals surface area contributed by atoms with Crippen LogP contribution in [-0.4, -0.2) is 35.3 Å². The van der Waals surface area contributed by atoms with Gasteiger partial charge in [-0.1, -0.05) is 12.1 Å². The number of aliphatic hydroxyl groups is 1. The highest BCUT2D eigenvalue weighted by Gasteiger charge is 2.35. The summed E-state index contributed by atoms with van der Waals surface area (Å²) in [5.74, 6) is 1.43. The third kappa shape index (κ3) is 3.09. The first-order valence-corrected chi connectivity index (χ1v) is 9.33. The summed E-state index contributed by atoms with van der Waals surface area (Å²) >= 11 is 0. The fourth-order valence-electron chi connectivity index (χ4n) is 4.02. The first kappa shape index (κ1) is 17.1. The summed E-state index contributed by atoms with van der Waals surface area (Å²) in [5.41, 5.74) is 1.86. The van der Waals surface area contributed by atoms with Gasteiger partial charge in [0.15, 0.2) is 0 Å². The van der Waals surface area contributed by atoms with Gasteiger partial charge in [0.2, 0.25) is 5.95 Å². The molecule has 0 amide bonds. The third-order valence-electron chi connectivity index (χ3n) is 5.70. The van der Waals surface area contributed by atoms with E-state index in [-0.39, 0.29) is 5.56 Å². The van der Waals surface area contributed by atoms with Gasteiger partial charge in [0.25, 0.3) is 5.56 Å². The lowest BCUT2D eigenvalue weighted by Crippen LogP contribution is -2.44. The number of rotatable bonds is 3. The van der Waals surface area contributed by atoms with Crippen molar-refractivity contribution >= 4 is 5.95 Å². The van der Waals surface area contributed by atoms with Crippen molar-refractivity contribution in [3.05, 3.63) is 51.4 Å². The smallest absolute Gasteiger partial charge is 0.255 e. The first-order valence-electron chi connectivity index (χ1n) is 9.33. The van der Waals surface area contributed by atoms with Crippen molar-refractivity contribution in [2.24, 2.45) is 0 Å². The lowest BCUT2D eigenvalue weighted by Gasteiger charge is -2.39. The molecule has 26 heavy (non-hydrogen) atoms. The third-order valence-corrected chi connectivity index (χ3v) is 5.70. The maximum atomic E-state index is 12.4. The molecule has 0 atom stereocenters. The van der Waals surface area contributed by atoms with Gasteiger partial charge in [0.1, 0.15) is 5.75 Å². The van der Waals surface area contributed by atoms with Crippen LogP contribution in [0.25, 0.3) is 0 Å². The van der Waals surface area contributed by atoms with Gasteiger partial charge in [-0.25, -0.2) is 4.98 Å². The Balaban J connectivity index is 1.51. The molecule has 6 heteroatoms. The van der Waals surface area contributed by atoms with Crippen molar-refractivity contribution in [1.82, 2.24) is 9.97 Å². The summed E-state index contributed by atoms with van der Waals surface area (Å²) in [6.45, 7) is 1.31. The fraction of sp³-hybridized carbons (Fsp3) is 0.500. The number of aromatic nitrogens is 2. The van der Waals surface area contributed by atoms with Gasteiger partial charge in [-0.2, -0.15) is 0 Å². The highest BCUT2D eigenvalue weighted by Crippen LogP contribution is 2.34. The predicted octanol–water partition coefficient (Wildman–Crippen LogP) is 2.15. The molecule has 2 N–H and O–H groups in total. The van der Waals surface area contributed by atoms with Crippen LogP contribution in [-0.2, 0) is 18.4 Å². The van der Waals surface area contributed by atoms with Gasteiger partial charge >= 0.3 is 0 Å². The molecule has 0 radical (unpaired) electrons. The number of hydrogen-bond acceptors (Lipinski definition) is 5. The van der Waals surface area contributed by atoms with Crippen molar-refractivity contribution in [3.63, 3.8) is 0 Å². The number of H-pyrrole nitrogens is 1. The number of methoxy groups -OCH3 is 1. The SMILES string of the molecule is COc1ccc(C2(O)CCN(c3nc4c(c(=O)[nH]3)CCCC4)CC2)cc1. The summed E-state index contributed by atoms with van der Waals surface area (Å²) in [7, 11) is 1.63. The molecule has 138 valence electrons. The lowest BCUT2D eigenvalue weighted by atomic mass is 9.84. The molecule has 2 aromatic rings.